The van der Waals surface area contributed by atoms with Crippen LogP contribution < -0.4 is 10.6 Å². The van der Waals surface area contributed by atoms with E-state index >= 15 is 0 Å². The molecule has 0 aromatic heterocycles. The summed E-state index contributed by atoms with van der Waals surface area (Å²) in [6.07, 6.45) is 0. The van der Waals surface area contributed by atoms with Gasteiger partial charge in [0, 0.05) is 11.9 Å². The summed E-state index contributed by atoms with van der Waals surface area (Å²) in [6, 6.07) is 21.8. The van der Waals surface area contributed by atoms with Gasteiger partial charge in [-0.3, -0.25) is 0 Å². The number of urea groups is 1. The molecule has 3 rings (SSSR count). The van der Waals surface area contributed by atoms with E-state index in [0.717, 1.165) is 22.0 Å². The van der Waals surface area contributed by atoms with Crippen LogP contribution in [0, 0.1) is 6.92 Å². The molecule has 0 saturated heterocycles. The fraction of sp³-hybridized carbons (Fsp3) is 0.105. The minimum absolute atomic E-state index is 0.197. The zero-order valence-corrected chi connectivity index (χ0v) is 12.5. The van der Waals surface area contributed by atoms with E-state index in [9.17, 15) is 4.79 Å². The van der Waals surface area contributed by atoms with Crippen molar-refractivity contribution in [1.82, 2.24) is 5.32 Å². The molecule has 0 atom stereocenters. The number of benzene rings is 3. The highest BCUT2D eigenvalue weighted by molar-refractivity contribution is 6.01. The Morgan fingerprint density at radius 1 is 0.909 bits per heavy atom. The van der Waals surface area contributed by atoms with Gasteiger partial charge in [-0.25, -0.2) is 4.79 Å². The van der Waals surface area contributed by atoms with Crippen LogP contribution in [0.25, 0.3) is 10.8 Å². The van der Waals surface area contributed by atoms with E-state index in [1.807, 2.05) is 73.7 Å². The van der Waals surface area contributed by atoms with E-state index in [2.05, 4.69) is 10.6 Å². The van der Waals surface area contributed by atoms with Crippen molar-refractivity contribution < 1.29 is 4.79 Å². The van der Waals surface area contributed by atoms with Gasteiger partial charge in [0.15, 0.2) is 0 Å². The number of fused-ring (bicyclic) bond motifs is 1. The molecule has 0 unspecified atom stereocenters. The molecule has 3 aromatic rings. The van der Waals surface area contributed by atoms with Crippen molar-refractivity contribution in [3.05, 3.63) is 77.9 Å². The monoisotopic (exact) mass is 290 g/mol. The van der Waals surface area contributed by atoms with Gasteiger partial charge in [-0.05, 0) is 23.9 Å². The fourth-order valence-electron chi connectivity index (χ4n) is 2.39. The zero-order chi connectivity index (χ0) is 15.4. The Kier molecular flexibility index (Phi) is 4.05. The topological polar surface area (TPSA) is 41.1 Å². The maximum atomic E-state index is 12.1. The summed E-state index contributed by atoms with van der Waals surface area (Å²) in [5, 5.41) is 7.95. The highest BCUT2D eigenvalue weighted by Gasteiger charge is 2.05. The molecule has 3 aromatic carbocycles. The van der Waals surface area contributed by atoms with Crippen molar-refractivity contribution in [3.63, 3.8) is 0 Å². The Balaban J connectivity index is 1.67. The maximum absolute atomic E-state index is 12.1. The Labute approximate surface area is 130 Å². The predicted molar refractivity (Wildman–Crippen MR) is 91.0 cm³/mol. The molecule has 3 nitrogen and oxygen atoms in total. The molecule has 22 heavy (non-hydrogen) atoms. The van der Waals surface area contributed by atoms with Crippen LogP contribution in [0.2, 0.25) is 0 Å². The summed E-state index contributed by atoms with van der Waals surface area (Å²) in [5.74, 6) is 0. The van der Waals surface area contributed by atoms with Crippen LogP contribution in [0.4, 0.5) is 10.5 Å². The third kappa shape index (κ3) is 3.26. The van der Waals surface area contributed by atoms with Crippen LogP contribution in [0.1, 0.15) is 11.1 Å². The molecule has 2 N–H and O–H groups in total. The number of carbonyl (C=O) groups excluding carboxylic acids is 1. The molecule has 0 aliphatic heterocycles. The molecule has 0 spiro atoms. The van der Waals surface area contributed by atoms with Gasteiger partial charge in [-0.2, -0.15) is 0 Å². The number of rotatable bonds is 3. The fourth-order valence-corrected chi connectivity index (χ4v) is 2.39. The third-order valence-corrected chi connectivity index (χ3v) is 3.61. The Bertz CT molecular complexity index is 789. The number of amides is 2. The Morgan fingerprint density at radius 3 is 2.45 bits per heavy atom. The highest BCUT2D eigenvalue weighted by Crippen LogP contribution is 2.22. The number of hydrogen-bond donors (Lipinski definition) is 2. The largest absolute Gasteiger partial charge is 0.334 e. The molecule has 0 radical (unpaired) electrons. The lowest BCUT2D eigenvalue weighted by atomic mass is 10.1. The first-order valence-corrected chi connectivity index (χ1v) is 7.30. The Morgan fingerprint density at radius 2 is 1.64 bits per heavy atom. The summed E-state index contributed by atoms with van der Waals surface area (Å²) in [7, 11) is 0. The van der Waals surface area contributed by atoms with Gasteiger partial charge in [-0.15, -0.1) is 0 Å². The lowest BCUT2D eigenvalue weighted by Crippen LogP contribution is -2.28. The lowest BCUT2D eigenvalue weighted by molar-refractivity contribution is 0.252. The van der Waals surface area contributed by atoms with Gasteiger partial charge in [-0.1, -0.05) is 66.2 Å². The van der Waals surface area contributed by atoms with Crippen molar-refractivity contribution in [1.29, 1.82) is 0 Å². The van der Waals surface area contributed by atoms with E-state index < -0.39 is 0 Å². The van der Waals surface area contributed by atoms with E-state index in [1.165, 1.54) is 5.56 Å². The van der Waals surface area contributed by atoms with E-state index in [-0.39, 0.29) is 6.03 Å². The van der Waals surface area contributed by atoms with Crippen LogP contribution in [0.3, 0.4) is 0 Å². The number of hydrogen-bond acceptors (Lipinski definition) is 1. The molecule has 0 bridgehead atoms. The van der Waals surface area contributed by atoms with E-state index in [0.29, 0.717) is 6.54 Å². The number of carbonyl (C=O) groups is 1. The molecular weight excluding hydrogens is 272 g/mol. The van der Waals surface area contributed by atoms with Crippen LogP contribution in [-0.2, 0) is 6.54 Å². The SMILES string of the molecule is Cc1ccc(CNC(=O)Nc2cccc3ccccc23)cc1. The molecule has 0 heterocycles. The number of anilines is 1. The smallest absolute Gasteiger partial charge is 0.319 e. The maximum Gasteiger partial charge on any atom is 0.319 e. The van der Waals surface area contributed by atoms with Crippen molar-refractivity contribution >= 4 is 22.5 Å². The van der Waals surface area contributed by atoms with Crippen molar-refractivity contribution in [2.45, 2.75) is 13.5 Å². The summed E-state index contributed by atoms with van der Waals surface area (Å²) in [4.78, 5) is 12.1. The van der Waals surface area contributed by atoms with Crippen LogP contribution in [0.15, 0.2) is 66.7 Å². The first-order valence-electron chi connectivity index (χ1n) is 7.30. The molecule has 0 saturated carbocycles. The highest BCUT2D eigenvalue weighted by atomic mass is 16.2. The first kappa shape index (κ1) is 14.1. The van der Waals surface area contributed by atoms with Gasteiger partial charge in [0.25, 0.3) is 0 Å². The summed E-state index contributed by atoms with van der Waals surface area (Å²) < 4.78 is 0. The molecule has 0 fully saturated rings. The molecular formula is C19H18N2O. The molecule has 3 heteroatoms. The van der Waals surface area contributed by atoms with Crippen LogP contribution >= 0.6 is 0 Å². The van der Waals surface area contributed by atoms with Gasteiger partial charge >= 0.3 is 6.03 Å². The van der Waals surface area contributed by atoms with Gasteiger partial charge in [0.2, 0.25) is 0 Å². The lowest BCUT2D eigenvalue weighted by Gasteiger charge is -2.10. The average molecular weight is 290 g/mol. The van der Waals surface area contributed by atoms with Crippen molar-refractivity contribution in [2.24, 2.45) is 0 Å². The quantitative estimate of drug-likeness (QED) is 0.734. The predicted octanol–water partition coefficient (Wildman–Crippen LogP) is 4.47. The Hall–Kier alpha value is -2.81. The summed E-state index contributed by atoms with van der Waals surface area (Å²) >= 11 is 0. The second-order valence-corrected chi connectivity index (χ2v) is 5.32. The van der Waals surface area contributed by atoms with Gasteiger partial charge in [0.1, 0.15) is 0 Å². The van der Waals surface area contributed by atoms with Crippen LogP contribution in [0.5, 0.6) is 0 Å². The summed E-state index contributed by atoms with van der Waals surface area (Å²) in [6.45, 7) is 2.56. The molecule has 110 valence electrons. The zero-order valence-electron chi connectivity index (χ0n) is 12.5. The number of aryl methyl sites for hydroxylation is 1. The molecule has 0 aliphatic rings. The minimum Gasteiger partial charge on any atom is -0.334 e. The van der Waals surface area contributed by atoms with Gasteiger partial charge < -0.3 is 10.6 Å². The third-order valence-electron chi connectivity index (χ3n) is 3.61. The van der Waals surface area contributed by atoms with E-state index in [1.54, 1.807) is 0 Å². The number of nitrogens with one attached hydrogen (secondary N) is 2. The minimum atomic E-state index is -0.197. The second kappa shape index (κ2) is 6.31. The first-order chi connectivity index (χ1) is 10.7. The van der Waals surface area contributed by atoms with Crippen LogP contribution in [-0.4, -0.2) is 6.03 Å². The summed E-state index contributed by atoms with van der Waals surface area (Å²) in [5.41, 5.74) is 3.11. The van der Waals surface area contributed by atoms with Crippen molar-refractivity contribution in [3.8, 4) is 0 Å². The van der Waals surface area contributed by atoms with E-state index in [4.69, 9.17) is 0 Å². The van der Waals surface area contributed by atoms with Crippen molar-refractivity contribution in [2.75, 3.05) is 5.32 Å². The molecule has 0 aliphatic carbocycles. The second-order valence-electron chi connectivity index (χ2n) is 5.32. The van der Waals surface area contributed by atoms with Gasteiger partial charge in [0.05, 0.1) is 5.69 Å². The standard InChI is InChI=1S/C19H18N2O/c1-14-9-11-15(12-10-14)13-20-19(22)21-18-8-4-6-16-5-2-3-7-17(16)18/h2-12H,13H2,1H3,(H2,20,21,22). The molecule has 2 amide bonds. The average Bonchev–Trinajstić information content (AvgIpc) is 2.55. The normalized spacial score (nSPS) is 10.4.